The van der Waals surface area contributed by atoms with Crippen LogP contribution >= 0.6 is 11.8 Å². The number of sulfonamides is 1. The molecule has 0 heterocycles. The van der Waals surface area contributed by atoms with Gasteiger partial charge in [-0.3, -0.25) is 0 Å². The Kier molecular flexibility index (Phi) is 18.2. The highest BCUT2D eigenvalue weighted by Gasteiger charge is 2.16. The van der Waals surface area contributed by atoms with Crippen molar-refractivity contribution >= 4 is 33.2 Å². The molecule has 2 rings (SSSR count). The molecule has 0 radical (unpaired) electrons. The van der Waals surface area contributed by atoms with Crippen molar-refractivity contribution in [3.63, 3.8) is 0 Å². The van der Waals surface area contributed by atoms with Crippen LogP contribution in [0.1, 0.15) is 54.4 Å². The molecule has 7 nitrogen and oxygen atoms in total. The van der Waals surface area contributed by atoms with E-state index in [9.17, 15) is 13.3 Å². The van der Waals surface area contributed by atoms with E-state index in [1.165, 1.54) is 23.1 Å². The highest BCUT2D eigenvalue weighted by molar-refractivity contribution is 8.03. The van der Waals surface area contributed by atoms with Crippen LogP contribution in [0.3, 0.4) is 0 Å². The molecule has 0 bridgehead atoms. The van der Waals surface area contributed by atoms with Crippen LogP contribution < -0.4 is 15.8 Å². The molecule has 0 amide bonds. The topological polar surface area (TPSA) is 114 Å². The third kappa shape index (κ3) is 12.1. The summed E-state index contributed by atoms with van der Waals surface area (Å²) in [7, 11) is -1.99. The zero-order valence-electron chi connectivity index (χ0n) is 18.6. The van der Waals surface area contributed by atoms with Crippen LogP contribution in [0.25, 0.3) is 0 Å². The lowest BCUT2D eigenvalue weighted by atomic mass is 10.2. The summed E-state index contributed by atoms with van der Waals surface area (Å²) in [6.45, 7) is 8.81. The highest BCUT2D eigenvalue weighted by atomic mass is 32.2. The number of allylic oxidation sites excluding steroid dienone is 3. The van der Waals surface area contributed by atoms with Gasteiger partial charge in [-0.05, 0) is 56.2 Å². The second kappa shape index (κ2) is 17.9. The lowest BCUT2D eigenvalue weighted by molar-refractivity contribution is 0.598. The number of rotatable bonds is 10. The average molecular weight is 473 g/mol. The van der Waals surface area contributed by atoms with Crippen LogP contribution in [0.4, 0.5) is 11.4 Å². The van der Waals surface area contributed by atoms with Gasteiger partial charge in [-0.15, -0.1) is 16.7 Å². The maximum absolute atomic E-state index is 11.4. The third-order valence-electron chi connectivity index (χ3n) is 3.91. The average Bonchev–Trinajstić information content (AvgIpc) is 2.78. The van der Waals surface area contributed by atoms with E-state index in [4.69, 9.17) is 5.14 Å². The number of hydrogen-bond donors (Lipinski definition) is 3. The number of primary sulfonamides is 1. The fraction of sp³-hybridized carbons (Fsp3) is 0.545. The molecular formula is C22H40N4O3S2. The van der Waals surface area contributed by atoms with Crippen molar-refractivity contribution in [1.82, 2.24) is 5.32 Å². The summed E-state index contributed by atoms with van der Waals surface area (Å²) >= 11 is 1.76. The third-order valence-corrected chi connectivity index (χ3v) is 6.03. The van der Waals surface area contributed by atoms with Gasteiger partial charge in [-0.25, -0.2) is 13.6 Å². The van der Waals surface area contributed by atoms with Gasteiger partial charge in [-0.2, -0.15) is 0 Å². The Morgan fingerprint density at radius 2 is 1.87 bits per heavy atom. The first kappa shape index (κ1) is 31.5. The predicted octanol–water partition coefficient (Wildman–Crippen LogP) is 5.78. The van der Waals surface area contributed by atoms with Crippen LogP contribution in [0, 0.1) is 4.91 Å². The van der Waals surface area contributed by atoms with E-state index >= 15 is 0 Å². The van der Waals surface area contributed by atoms with Crippen molar-refractivity contribution < 1.29 is 8.42 Å². The SMILES string of the molecule is C.CC.CC.CNCCC(CSC1=CCCC=C1)Nc1ccc(S(N)(=O)=O)cc1N=O. The zero-order valence-corrected chi connectivity index (χ0v) is 20.3. The van der Waals surface area contributed by atoms with Gasteiger partial charge in [0.2, 0.25) is 10.0 Å². The quantitative estimate of drug-likeness (QED) is 0.372. The second-order valence-electron chi connectivity index (χ2n) is 5.95. The predicted molar refractivity (Wildman–Crippen MR) is 138 cm³/mol. The van der Waals surface area contributed by atoms with E-state index in [2.05, 4.69) is 34.0 Å². The summed E-state index contributed by atoms with van der Waals surface area (Å²) in [6.07, 6.45) is 9.49. The van der Waals surface area contributed by atoms with Gasteiger partial charge in [0.05, 0.1) is 10.6 Å². The first-order valence-corrected chi connectivity index (χ1v) is 12.9. The van der Waals surface area contributed by atoms with Gasteiger partial charge in [0.25, 0.3) is 0 Å². The molecule has 0 aromatic heterocycles. The minimum absolute atomic E-state index is 0. The van der Waals surface area contributed by atoms with E-state index < -0.39 is 10.0 Å². The number of nitrogens with one attached hydrogen (secondary N) is 2. The van der Waals surface area contributed by atoms with Gasteiger partial charge in [0, 0.05) is 16.7 Å². The highest BCUT2D eigenvalue weighted by Crippen LogP contribution is 2.30. The van der Waals surface area contributed by atoms with E-state index in [-0.39, 0.29) is 24.1 Å². The Morgan fingerprint density at radius 3 is 2.39 bits per heavy atom. The van der Waals surface area contributed by atoms with Crippen molar-refractivity contribution in [3.8, 4) is 0 Å². The Balaban J connectivity index is 0. The number of nitrogens with two attached hydrogens (primary N) is 1. The molecule has 1 aromatic carbocycles. The number of thioether (sulfide) groups is 1. The Morgan fingerprint density at radius 1 is 1.19 bits per heavy atom. The first-order valence-electron chi connectivity index (χ1n) is 10.3. The van der Waals surface area contributed by atoms with E-state index in [0.29, 0.717) is 5.69 Å². The summed E-state index contributed by atoms with van der Waals surface area (Å²) in [4.78, 5) is 12.3. The number of benzene rings is 1. The van der Waals surface area contributed by atoms with Crippen molar-refractivity contribution in [1.29, 1.82) is 0 Å². The van der Waals surface area contributed by atoms with Gasteiger partial charge < -0.3 is 10.6 Å². The maximum Gasteiger partial charge on any atom is 0.238 e. The molecule has 1 unspecified atom stereocenters. The van der Waals surface area contributed by atoms with Crippen LogP contribution in [-0.4, -0.2) is 33.8 Å². The number of nitroso groups, excluding NO2 is 1. The monoisotopic (exact) mass is 472 g/mol. The molecule has 1 aliphatic rings. The normalized spacial score (nSPS) is 13.3. The van der Waals surface area contributed by atoms with Crippen LogP contribution in [0.5, 0.6) is 0 Å². The van der Waals surface area contributed by atoms with Gasteiger partial charge in [-0.1, -0.05) is 53.3 Å². The van der Waals surface area contributed by atoms with Crippen molar-refractivity contribution in [2.24, 2.45) is 10.3 Å². The standard InChI is InChI=1S/C17H24N4O3S2.2C2H6.CH4/c1-19-10-9-13(12-25-14-5-3-2-4-6-14)20-16-8-7-15(26(18,23)24)11-17(16)21-22;2*1-2;/h3,5-8,11,13,19-20H,2,4,9-10,12H2,1H3,(H2,18,23,24);2*1-2H3;1H4. The van der Waals surface area contributed by atoms with Gasteiger partial charge in [0.1, 0.15) is 5.69 Å². The fourth-order valence-corrected chi connectivity index (χ4v) is 4.12. The molecule has 31 heavy (non-hydrogen) atoms. The largest absolute Gasteiger partial charge is 0.380 e. The summed E-state index contributed by atoms with van der Waals surface area (Å²) in [5.74, 6) is 0.813. The molecule has 1 aromatic rings. The first-order chi connectivity index (χ1) is 14.4. The molecule has 0 aliphatic heterocycles. The molecule has 0 spiro atoms. The van der Waals surface area contributed by atoms with Crippen LogP contribution in [0.15, 0.2) is 51.4 Å². The minimum Gasteiger partial charge on any atom is -0.380 e. The van der Waals surface area contributed by atoms with Crippen LogP contribution in [-0.2, 0) is 10.0 Å². The number of anilines is 1. The summed E-state index contributed by atoms with van der Waals surface area (Å²) in [5.41, 5.74) is 0.537. The molecule has 1 aliphatic carbocycles. The molecule has 1 atom stereocenters. The van der Waals surface area contributed by atoms with E-state index in [1.807, 2.05) is 34.7 Å². The van der Waals surface area contributed by atoms with Gasteiger partial charge in [0.15, 0.2) is 0 Å². The molecule has 9 heteroatoms. The molecule has 4 N–H and O–H groups in total. The molecule has 178 valence electrons. The summed E-state index contributed by atoms with van der Waals surface area (Å²) in [6, 6.07) is 4.19. The molecule has 0 fully saturated rings. The minimum atomic E-state index is -3.88. The summed E-state index contributed by atoms with van der Waals surface area (Å²) in [5, 5.41) is 14.5. The van der Waals surface area contributed by atoms with E-state index in [0.717, 1.165) is 31.6 Å². The van der Waals surface area contributed by atoms with E-state index in [1.54, 1.807) is 11.8 Å². The van der Waals surface area contributed by atoms with Crippen molar-refractivity contribution in [2.75, 3.05) is 24.7 Å². The zero-order chi connectivity index (χ0) is 23.0. The molecular weight excluding hydrogens is 432 g/mol. The number of hydrogen-bond acceptors (Lipinski definition) is 7. The molecule has 0 saturated heterocycles. The lowest BCUT2D eigenvalue weighted by Gasteiger charge is -2.21. The second-order valence-corrected chi connectivity index (χ2v) is 8.60. The van der Waals surface area contributed by atoms with Crippen molar-refractivity contribution in [3.05, 3.63) is 46.2 Å². The smallest absolute Gasteiger partial charge is 0.238 e. The lowest BCUT2D eigenvalue weighted by Crippen LogP contribution is -2.27. The van der Waals surface area contributed by atoms with Gasteiger partial charge >= 0.3 is 0 Å². The number of nitrogens with zero attached hydrogens (tertiary/aromatic N) is 1. The Labute approximate surface area is 193 Å². The maximum atomic E-state index is 11.4. The molecule has 0 saturated carbocycles. The van der Waals surface area contributed by atoms with Crippen molar-refractivity contribution in [2.45, 2.75) is 65.3 Å². The Bertz CT molecular complexity index is 794. The Hall–Kier alpha value is -1.68. The summed E-state index contributed by atoms with van der Waals surface area (Å²) < 4.78 is 22.9. The fourth-order valence-electron chi connectivity index (χ4n) is 2.51. The van der Waals surface area contributed by atoms with Crippen LogP contribution in [0.2, 0.25) is 0 Å².